The third-order valence-corrected chi connectivity index (χ3v) is 24.1. The fourth-order valence-electron chi connectivity index (χ4n) is 14.9. The number of likely N-dealkylation sites (tertiary alicyclic amines) is 2. The van der Waals surface area contributed by atoms with Gasteiger partial charge in [-0.05, 0) is 149 Å². The van der Waals surface area contributed by atoms with Crippen LogP contribution in [0.2, 0.25) is 0 Å². The van der Waals surface area contributed by atoms with Crippen LogP contribution in [0.1, 0.15) is 222 Å². The molecule has 6 aromatic rings. The molecule has 8 rings (SSSR count). The third-order valence-electron chi connectivity index (χ3n) is 22.3. The van der Waals surface area contributed by atoms with Gasteiger partial charge in [0.15, 0.2) is 33.1 Å². The van der Waals surface area contributed by atoms with Gasteiger partial charge in [0.05, 0.1) is 31.0 Å². The van der Waals surface area contributed by atoms with E-state index in [1.165, 1.54) is 22.9 Å². The van der Waals surface area contributed by atoms with Gasteiger partial charge >= 0.3 is 11.9 Å². The number of hydrogen-bond donors (Lipinski definition) is 4. The maximum atomic E-state index is 14.8. The molecule has 111 heavy (non-hydrogen) atoms. The first-order chi connectivity index (χ1) is 52.9. The van der Waals surface area contributed by atoms with Crippen LogP contribution in [0.25, 0.3) is 0 Å². The maximum Gasteiger partial charge on any atom is 0.306 e. The lowest BCUT2D eigenvalue weighted by molar-refractivity contribution is -0.144. The minimum absolute atomic E-state index is 0.00638. The molecule has 4 aromatic carbocycles. The van der Waals surface area contributed by atoms with E-state index in [-0.39, 0.29) is 150 Å². The summed E-state index contributed by atoms with van der Waals surface area (Å²) >= 11 is 2.12. The number of carbonyl (C=O) groups excluding carboxylic acids is 8. The molecule has 21 nitrogen and oxygen atoms in total. The van der Waals surface area contributed by atoms with Gasteiger partial charge in [-0.15, -0.1) is 22.7 Å². The Bertz CT molecular complexity index is 4020. The van der Waals surface area contributed by atoms with Crippen LogP contribution in [0, 0.1) is 53.2 Å². The van der Waals surface area contributed by atoms with Gasteiger partial charge in [0.25, 0.3) is 11.8 Å². The van der Waals surface area contributed by atoms with E-state index in [1.807, 2.05) is 154 Å². The molecule has 2 aliphatic rings. The molecule has 602 valence electrons. The number of ketones is 4. The van der Waals surface area contributed by atoms with E-state index in [0.29, 0.717) is 12.2 Å². The summed E-state index contributed by atoms with van der Waals surface area (Å²) in [4.78, 5) is 152. The number of methoxy groups -OCH3 is 1. The highest BCUT2D eigenvalue weighted by atomic mass is 32.1. The summed E-state index contributed by atoms with van der Waals surface area (Å²) in [5, 5.41) is 28.3. The van der Waals surface area contributed by atoms with Crippen LogP contribution in [0.3, 0.4) is 0 Å². The van der Waals surface area contributed by atoms with Crippen molar-refractivity contribution in [2.75, 3.05) is 34.3 Å². The maximum absolute atomic E-state index is 14.8. The summed E-state index contributed by atoms with van der Waals surface area (Å²) in [5.74, 6) is -6.27. The van der Waals surface area contributed by atoms with Crippen molar-refractivity contribution in [3.63, 3.8) is 0 Å². The molecular formula is C87H117FN8O13S2. The molecule has 12 atom stereocenters. The highest BCUT2D eigenvalue weighted by Crippen LogP contribution is 2.34. The molecule has 6 unspecified atom stereocenters. The Hall–Kier alpha value is -8.71. The number of benzene rings is 4. The van der Waals surface area contributed by atoms with E-state index in [2.05, 4.69) is 30.4 Å². The number of ether oxygens (including phenoxy) is 1. The minimum Gasteiger partial charge on any atom is -0.497 e. The highest BCUT2D eigenvalue weighted by molar-refractivity contribution is 7.12. The van der Waals surface area contributed by atoms with Crippen molar-refractivity contribution < 1.29 is 67.3 Å². The average Bonchev–Trinajstić information content (AvgIpc) is 1.56. The van der Waals surface area contributed by atoms with Crippen molar-refractivity contribution in [3.05, 3.63) is 169 Å². The number of carbonyl (C=O) groups is 10. The van der Waals surface area contributed by atoms with Gasteiger partial charge in [-0.25, -0.2) is 14.4 Å². The zero-order chi connectivity index (χ0) is 81.2. The number of thiazole rings is 2. The smallest absolute Gasteiger partial charge is 0.306 e. The van der Waals surface area contributed by atoms with Crippen LogP contribution in [0.5, 0.6) is 5.75 Å². The number of piperidine rings is 2. The third kappa shape index (κ3) is 26.7. The van der Waals surface area contributed by atoms with Crippen molar-refractivity contribution in [3.8, 4) is 5.75 Å². The molecule has 24 heteroatoms. The first-order valence-electron chi connectivity index (χ1n) is 39.5. The number of rotatable bonds is 41. The topological polar surface area (TPSA) is 283 Å². The number of carboxylic acids is 2. The Morgan fingerprint density at radius 2 is 0.892 bits per heavy atom. The molecule has 0 bridgehead atoms. The zero-order valence-corrected chi connectivity index (χ0v) is 68.7. The monoisotopic (exact) mass is 1560 g/mol. The number of aliphatic carboxylic acids is 2. The molecule has 0 spiro atoms. The fraction of sp³-hybridized carbons (Fsp3) is 0.540. The van der Waals surface area contributed by atoms with E-state index >= 15 is 0 Å². The number of aromatic nitrogens is 2. The number of hydrogen-bond acceptors (Lipinski definition) is 17. The van der Waals surface area contributed by atoms with Crippen molar-refractivity contribution in [2.24, 2.45) is 47.3 Å². The van der Waals surface area contributed by atoms with Gasteiger partial charge in [0.1, 0.15) is 23.0 Å². The number of amides is 4. The molecule has 2 aromatic heterocycles. The lowest BCUT2D eigenvalue weighted by atomic mass is 9.82. The van der Waals surface area contributed by atoms with Gasteiger partial charge in [0, 0.05) is 85.5 Å². The van der Waals surface area contributed by atoms with Crippen LogP contribution in [-0.4, -0.2) is 169 Å². The lowest BCUT2D eigenvalue weighted by Crippen LogP contribution is -2.49. The standard InChI is InChI=1S/C44H60N4O7S.C43H57FN4O6S/c1-8-29(4)35(24-39(49)37-16-12-13-21-47(37)6)43(52)48(26-32-14-10-9-11-15-32)38(28(2)3)25-40(50)42-46-36(27-56-42)41(51)45-33(22-30(5)44(53)54)23-31-17-19-34(55-7)20-18-31;1-7-28(4)34(23-38(49)36-15-11-12-20-47(36)6)42(52)48(25-31-13-9-8-10-14-31)37(27(2)3)24-39(50)41-46-35(26-55-41)40(51)45-33(21-29(5)43(53)54)22-30-16-18-32(44)19-17-30/h9-11,14-15,17-20,27-30,33,35,37-38H,8,12-13,16,21-26H2,1-7H3,(H,45,51)(H,53,54);8-10,13-14,16-19,26-29,33-34,36-37H,7,11-12,15,20-25H2,1-6H3,(H,45,51)(H,53,54)/t29?,30-,33+,35?,37?,38+;28?,29-,33+,34?,36?,37+/m00/s1. The van der Waals surface area contributed by atoms with Gasteiger partial charge in [-0.2, -0.15) is 0 Å². The first-order valence-corrected chi connectivity index (χ1v) is 41.2. The summed E-state index contributed by atoms with van der Waals surface area (Å²) in [6.45, 7) is 21.5. The summed E-state index contributed by atoms with van der Waals surface area (Å²) in [6.07, 6.45) is 8.41. The molecular weight excluding hydrogens is 1450 g/mol. The molecule has 0 radical (unpaired) electrons. The second-order valence-electron chi connectivity index (χ2n) is 31.3. The molecule has 0 saturated carbocycles. The molecule has 4 amide bonds. The molecule has 4 N–H and O–H groups in total. The number of nitrogens with zero attached hydrogens (tertiary/aromatic N) is 6. The number of nitrogens with one attached hydrogen (secondary N) is 2. The Balaban J connectivity index is 0.000000308. The lowest BCUT2D eigenvalue weighted by Gasteiger charge is -2.39. The van der Waals surface area contributed by atoms with E-state index in [1.54, 1.807) is 42.9 Å². The van der Waals surface area contributed by atoms with E-state index in [4.69, 9.17) is 4.74 Å². The van der Waals surface area contributed by atoms with E-state index < -0.39 is 77.4 Å². The van der Waals surface area contributed by atoms with Crippen LogP contribution >= 0.6 is 22.7 Å². The number of Topliss-reactive ketones (excluding diaryl/α,β-unsaturated/α-hetero) is 4. The summed E-state index contributed by atoms with van der Waals surface area (Å²) < 4.78 is 18.8. The SMILES string of the molecule is CCC(C)C(CC(=O)C1CCCCN1C)C(=O)N(Cc1ccccc1)[C@H](CC(=O)c1nc(C(=O)N[C@@H](Cc2ccc(F)cc2)C[C@H](C)C(=O)O)cs1)C(C)C.CCC(C)C(CC(=O)C1CCCCN1C)C(=O)N(Cc1ccccc1)[C@H](CC(=O)c1nc(C(=O)N[C@@H](Cc2ccc(OC)cc2)C[C@H](C)C(=O)O)cs1)C(C)C. The van der Waals surface area contributed by atoms with Crippen LogP contribution in [-0.2, 0) is 54.7 Å². The van der Waals surface area contributed by atoms with Crippen LogP contribution in [0.4, 0.5) is 4.39 Å². The number of likely N-dealkylation sites (N-methyl/N-ethyl adjacent to an activating group) is 2. The fourth-order valence-corrected chi connectivity index (χ4v) is 16.4. The summed E-state index contributed by atoms with van der Waals surface area (Å²) in [6, 6.07) is 30.0. The normalized spacial score (nSPS) is 17.4. The first kappa shape index (κ1) is 89.5. The highest BCUT2D eigenvalue weighted by Gasteiger charge is 2.41. The van der Waals surface area contributed by atoms with Gasteiger partial charge in [-0.3, -0.25) is 57.7 Å². The van der Waals surface area contributed by atoms with Crippen molar-refractivity contribution in [2.45, 2.75) is 221 Å². The van der Waals surface area contributed by atoms with Crippen molar-refractivity contribution in [1.82, 2.24) is 40.2 Å². The number of halogens is 1. The Kier molecular flexibility index (Phi) is 35.4. The summed E-state index contributed by atoms with van der Waals surface area (Å²) in [7, 11) is 5.54. The van der Waals surface area contributed by atoms with Crippen molar-refractivity contribution >= 4 is 81.4 Å². The molecule has 4 heterocycles. The predicted octanol–water partition coefficient (Wildman–Crippen LogP) is 14.8. The second kappa shape index (κ2) is 43.9. The number of carboxylic acid groups (broad SMARTS) is 2. The largest absolute Gasteiger partial charge is 0.497 e. The molecule has 0 aliphatic carbocycles. The minimum atomic E-state index is -1.00. The Labute approximate surface area is 663 Å². The summed E-state index contributed by atoms with van der Waals surface area (Å²) in [5.41, 5.74) is 3.57. The quantitative estimate of drug-likeness (QED) is 0.0260. The predicted molar refractivity (Wildman–Crippen MR) is 431 cm³/mol. The molecule has 2 fully saturated rings. The average molecular weight is 1570 g/mol. The van der Waals surface area contributed by atoms with E-state index in [9.17, 15) is 62.5 Å². The Morgan fingerprint density at radius 3 is 1.23 bits per heavy atom. The van der Waals surface area contributed by atoms with Gasteiger partial charge < -0.3 is 35.4 Å². The van der Waals surface area contributed by atoms with Gasteiger partial charge in [-0.1, -0.05) is 180 Å². The van der Waals surface area contributed by atoms with Crippen molar-refractivity contribution in [1.29, 1.82) is 0 Å². The van der Waals surface area contributed by atoms with Crippen LogP contribution in [0.15, 0.2) is 120 Å². The molecule has 2 saturated heterocycles. The second-order valence-corrected chi connectivity index (χ2v) is 33.1. The van der Waals surface area contributed by atoms with E-state index in [0.717, 1.165) is 109 Å². The van der Waals surface area contributed by atoms with Gasteiger partial charge in [0.2, 0.25) is 11.8 Å². The van der Waals surface area contributed by atoms with Crippen LogP contribution < -0.4 is 15.4 Å². The molecule has 2 aliphatic heterocycles. The Morgan fingerprint density at radius 1 is 0.523 bits per heavy atom. The zero-order valence-electron chi connectivity index (χ0n) is 67.0.